The Hall–Kier alpha value is -2.06. The van der Waals surface area contributed by atoms with E-state index in [0.717, 1.165) is 26.9 Å². The average molecular weight is 538 g/mol. The van der Waals surface area contributed by atoms with Gasteiger partial charge in [0.2, 0.25) is 0 Å². The van der Waals surface area contributed by atoms with Crippen molar-refractivity contribution in [3.8, 4) is 5.75 Å². The van der Waals surface area contributed by atoms with E-state index in [2.05, 4.69) is 71.8 Å². The minimum atomic E-state index is -0.338. The van der Waals surface area contributed by atoms with Gasteiger partial charge in [0.1, 0.15) is 5.75 Å². The highest BCUT2D eigenvalue weighted by molar-refractivity contribution is 14.1. The smallest absolute Gasteiger partial charge is 0.277 e. The molecule has 0 bridgehead atoms. The molecule has 30 heavy (non-hydrogen) atoms. The number of rotatable bonds is 6. The second-order valence-corrected chi connectivity index (χ2v) is 9.20. The summed E-state index contributed by atoms with van der Waals surface area (Å²) < 4.78 is 6.47. The minimum Gasteiger partial charge on any atom is -0.483 e. The molecular formula is C23H25ClIN3O2. The van der Waals surface area contributed by atoms with Crippen molar-refractivity contribution in [3.05, 3.63) is 62.2 Å². The van der Waals surface area contributed by atoms with E-state index in [-0.39, 0.29) is 18.1 Å². The zero-order valence-corrected chi connectivity index (χ0v) is 20.4. The maximum absolute atomic E-state index is 12.0. The lowest BCUT2D eigenvalue weighted by Gasteiger charge is -2.43. The largest absolute Gasteiger partial charge is 0.483 e. The van der Waals surface area contributed by atoms with Crippen LogP contribution in [-0.2, 0) is 4.79 Å². The van der Waals surface area contributed by atoms with Gasteiger partial charge >= 0.3 is 0 Å². The molecule has 158 valence electrons. The van der Waals surface area contributed by atoms with Gasteiger partial charge in [-0.05, 0) is 80.1 Å². The highest BCUT2D eigenvalue weighted by Gasteiger charge is 2.30. The quantitative estimate of drug-likeness (QED) is 0.301. The Kier molecular flexibility index (Phi) is 7.08. The lowest BCUT2D eigenvalue weighted by atomic mass is 9.88. The van der Waals surface area contributed by atoms with Crippen LogP contribution < -0.4 is 15.1 Å². The number of carbonyl (C=O) groups excluding carboxylic acids is 1. The number of hydrazone groups is 1. The molecule has 0 spiro atoms. The Labute approximate surface area is 196 Å². The fourth-order valence-corrected chi connectivity index (χ4v) is 4.45. The molecule has 5 nitrogen and oxygen atoms in total. The van der Waals surface area contributed by atoms with E-state index in [1.807, 2.05) is 36.4 Å². The minimum absolute atomic E-state index is 0.0741. The average Bonchev–Trinajstić information content (AvgIpc) is 2.68. The Balaban J connectivity index is 1.70. The second-order valence-electron chi connectivity index (χ2n) is 7.63. The molecule has 1 amide bonds. The van der Waals surface area contributed by atoms with Gasteiger partial charge in [-0.15, -0.1) is 0 Å². The fraction of sp³-hybridized carbons (Fsp3) is 0.304. The topological polar surface area (TPSA) is 53.9 Å². The van der Waals surface area contributed by atoms with Crippen LogP contribution >= 0.6 is 34.2 Å². The van der Waals surface area contributed by atoms with E-state index in [9.17, 15) is 4.79 Å². The number of amides is 1. The summed E-state index contributed by atoms with van der Waals surface area (Å²) in [5.41, 5.74) is 6.59. The molecule has 1 N–H and O–H groups in total. The zero-order valence-electron chi connectivity index (χ0n) is 17.5. The number of halogens is 2. The maximum atomic E-state index is 12.0. The van der Waals surface area contributed by atoms with E-state index in [0.29, 0.717) is 10.8 Å². The molecule has 0 aliphatic carbocycles. The highest BCUT2D eigenvalue weighted by atomic mass is 127. The van der Waals surface area contributed by atoms with Crippen LogP contribution in [0.15, 0.2) is 47.6 Å². The van der Waals surface area contributed by atoms with Crippen LogP contribution in [0.5, 0.6) is 5.75 Å². The summed E-state index contributed by atoms with van der Waals surface area (Å²) in [6.07, 6.45) is 3.83. The Bertz CT molecular complexity index is 1020. The monoisotopic (exact) mass is 537 g/mol. The number of benzene rings is 2. The summed E-state index contributed by atoms with van der Waals surface area (Å²) in [5.74, 6) is 0.329. The third kappa shape index (κ3) is 4.98. The van der Waals surface area contributed by atoms with Gasteiger partial charge in [-0.3, -0.25) is 4.79 Å². The molecule has 2 aromatic rings. The Morgan fingerprint density at radius 3 is 2.77 bits per heavy atom. The van der Waals surface area contributed by atoms with E-state index in [1.165, 1.54) is 5.57 Å². The number of anilines is 1. The Morgan fingerprint density at radius 1 is 1.33 bits per heavy atom. The number of fused-ring (bicyclic) bond motifs is 1. The van der Waals surface area contributed by atoms with Crippen molar-refractivity contribution in [2.24, 2.45) is 5.10 Å². The first-order chi connectivity index (χ1) is 14.2. The molecule has 3 rings (SSSR count). The molecule has 0 fully saturated rings. The first kappa shape index (κ1) is 22.6. The SMILES string of the molecule is CCN1c2cc(Cl)c(/C=N/NC(=O)COc3ccccc3I)cc2C(C)=CC1(C)C. The number of hydrogen-bond acceptors (Lipinski definition) is 4. The lowest BCUT2D eigenvalue weighted by molar-refractivity contribution is -0.123. The first-order valence-corrected chi connectivity index (χ1v) is 11.2. The molecule has 0 saturated heterocycles. The summed E-state index contributed by atoms with van der Waals surface area (Å²) in [5, 5.41) is 4.64. The van der Waals surface area contributed by atoms with Gasteiger partial charge in [0.15, 0.2) is 6.61 Å². The lowest BCUT2D eigenvalue weighted by Crippen LogP contribution is -2.44. The molecule has 0 radical (unpaired) electrons. The van der Waals surface area contributed by atoms with Crippen LogP contribution in [0.1, 0.15) is 38.8 Å². The zero-order chi connectivity index (χ0) is 21.9. The molecule has 0 aromatic heterocycles. The number of allylic oxidation sites excluding steroid dienone is 1. The molecule has 2 aromatic carbocycles. The van der Waals surface area contributed by atoms with Crippen LogP contribution in [0.3, 0.4) is 0 Å². The van der Waals surface area contributed by atoms with Gasteiger partial charge in [-0.25, -0.2) is 5.43 Å². The van der Waals surface area contributed by atoms with Crippen molar-refractivity contribution < 1.29 is 9.53 Å². The number of carbonyl (C=O) groups is 1. The number of hydrogen-bond donors (Lipinski definition) is 1. The highest BCUT2D eigenvalue weighted by Crippen LogP contribution is 2.40. The molecule has 1 heterocycles. The standard InChI is InChI=1S/C23H25ClIN3O2/c1-5-28-20-11-18(24)16(10-17(20)15(2)12-23(28,3)4)13-26-27-22(29)14-30-21-9-7-6-8-19(21)25/h6-13H,5,14H2,1-4H3,(H,27,29)/b26-13+. The van der Waals surface area contributed by atoms with Crippen molar-refractivity contribution in [3.63, 3.8) is 0 Å². The van der Waals surface area contributed by atoms with Crippen molar-refractivity contribution in [2.75, 3.05) is 18.1 Å². The van der Waals surface area contributed by atoms with Crippen LogP contribution in [-0.4, -0.2) is 30.8 Å². The summed E-state index contributed by atoms with van der Waals surface area (Å²) in [7, 11) is 0. The van der Waals surface area contributed by atoms with E-state index < -0.39 is 0 Å². The van der Waals surface area contributed by atoms with Crippen LogP contribution in [0.4, 0.5) is 5.69 Å². The molecular weight excluding hydrogens is 513 g/mol. The number of nitrogens with zero attached hydrogens (tertiary/aromatic N) is 2. The van der Waals surface area contributed by atoms with Crippen LogP contribution in [0, 0.1) is 3.57 Å². The first-order valence-electron chi connectivity index (χ1n) is 9.73. The van der Waals surface area contributed by atoms with Gasteiger partial charge in [0.05, 0.1) is 20.3 Å². The van der Waals surface area contributed by atoms with Crippen LogP contribution in [0.25, 0.3) is 5.57 Å². The second kappa shape index (κ2) is 9.39. The summed E-state index contributed by atoms with van der Waals surface area (Å²) in [6.45, 7) is 9.39. The van der Waals surface area contributed by atoms with E-state index in [1.54, 1.807) is 6.21 Å². The molecule has 0 saturated carbocycles. The fourth-order valence-electron chi connectivity index (χ4n) is 3.70. The summed E-state index contributed by atoms with van der Waals surface area (Å²) in [4.78, 5) is 14.4. The van der Waals surface area contributed by atoms with E-state index >= 15 is 0 Å². The molecule has 0 atom stereocenters. The number of nitrogens with one attached hydrogen (secondary N) is 1. The summed E-state index contributed by atoms with van der Waals surface area (Å²) >= 11 is 8.69. The van der Waals surface area contributed by atoms with Crippen molar-refractivity contribution >= 4 is 57.6 Å². The number of ether oxygens (including phenoxy) is 1. The third-order valence-electron chi connectivity index (χ3n) is 5.00. The van der Waals surface area contributed by atoms with Crippen molar-refractivity contribution in [1.29, 1.82) is 0 Å². The van der Waals surface area contributed by atoms with Crippen molar-refractivity contribution in [1.82, 2.24) is 5.43 Å². The number of para-hydroxylation sites is 1. The maximum Gasteiger partial charge on any atom is 0.277 e. The normalized spacial score (nSPS) is 15.0. The summed E-state index contributed by atoms with van der Waals surface area (Å²) in [6, 6.07) is 11.5. The van der Waals surface area contributed by atoms with E-state index in [4.69, 9.17) is 16.3 Å². The van der Waals surface area contributed by atoms with Gasteiger partial charge in [0, 0.05) is 23.4 Å². The number of likely N-dealkylation sites (N-methyl/N-ethyl adjacent to an activating group) is 1. The molecule has 1 aliphatic rings. The van der Waals surface area contributed by atoms with Gasteiger partial charge in [0.25, 0.3) is 5.91 Å². The van der Waals surface area contributed by atoms with Crippen molar-refractivity contribution in [2.45, 2.75) is 33.2 Å². The van der Waals surface area contributed by atoms with Gasteiger partial charge in [-0.1, -0.05) is 29.8 Å². The van der Waals surface area contributed by atoms with Gasteiger partial charge < -0.3 is 9.64 Å². The molecule has 0 unspecified atom stereocenters. The van der Waals surface area contributed by atoms with Gasteiger partial charge in [-0.2, -0.15) is 5.10 Å². The third-order valence-corrected chi connectivity index (χ3v) is 6.22. The Morgan fingerprint density at radius 2 is 2.07 bits per heavy atom. The molecule has 1 aliphatic heterocycles. The predicted octanol–water partition coefficient (Wildman–Crippen LogP) is 5.50. The predicted molar refractivity (Wildman–Crippen MR) is 133 cm³/mol. The molecule has 7 heteroatoms. The van der Waals surface area contributed by atoms with Crippen LogP contribution in [0.2, 0.25) is 5.02 Å².